The lowest BCUT2D eigenvalue weighted by Gasteiger charge is -2.46. The average Bonchev–Trinajstić information content (AvgIpc) is 3.40. The Kier molecular flexibility index (Phi) is 7.11. The zero-order valence-corrected chi connectivity index (χ0v) is 25.9. The molecule has 1 N–H and O–H groups in total. The SMILES string of the molecule is Cn1ncc(S(=O)(=O)N(CC2(O)CC2)[C@H]2CCC3=Cc4c(cnn4-c4ccc(F)cc4)C[C@]3(C(=O)c3ncc(C(F)(F)F)s3)C2)n1. The normalized spacial score (nSPS) is 22.3. The number of nitrogens with zero attached hydrogens (tertiary/aromatic N) is 7. The third-order valence-electron chi connectivity index (χ3n) is 8.96. The standard InChI is InChI=1S/C29H27F4N7O4S2/c1-38-35-15-24(37-38)46(43,44)39(16-27(42)8-9-27)21-5-2-18-10-22-17(13-36-40(22)20-6-3-19(30)4-7-20)11-28(18,12-21)25(41)26-34-14-23(45-26)29(31,32)33/h3-4,6-7,10,13-15,21,42H,2,5,8-9,11-12,16H2,1H3/t21-,28-/m0/s1. The fourth-order valence-electron chi connectivity index (χ4n) is 6.40. The number of rotatable bonds is 8. The topological polar surface area (TPSA) is 136 Å². The number of hydrogen-bond donors (Lipinski definition) is 1. The Morgan fingerprint density at radius 3 is 2.52 bits per heavy atom. The molecule has 17 heteroatoms. The number of thiazole rings is 1. The smallest absolute Gasteiger partial charge is 0.389 e. The maximum atomic E-state index is 14.4. The van der Waals surface area contributed by atoms with Gasteiger partial charge in [-0.3, -0.25) is 4.79 Å². The highest BCUT2D eigenvalue weighted by molar-refractivity contribution is 7.89. The number of aromatic nitrogens is 6. The van der Waals surface area contributed by atoms with Crippen LogP contribution < -0.4 is 0 Å². The molecule has 0 radical (unpaired) electrons. The van der Waals surface area contributed by atoms with Crippen LogP contribution in [0.15, 0.2) is 53.5 Å². The van der Waals surface area contributed by atoms with Gasteiger partial charge in [0.1, 0.15) is 10.7 Å². The number of hydrogen-bond acceptors (Lipinski definition) is 9. The van der Waals surface area contributed by atoms with E-state index in [9.17, 15) is 35.9 Å². The summed E-state index contributed by atoms with van der Waals surface area (Å²) in [5, 5.41) is 22.6. The van der Waals surface area contributed by atoms with Crippen molar-refractivity contribution in [1.82, 2.24) is 34.1 Å². The van der Waals surface area contributed by atoms with Gasteiger partial charge >= 0.3 is 6.18 Å². The third kappa shape index (κ3) is 5.28. The highest BCUT2D eigenvalue weighted by Crippen LogP contribution is 2.52. The fourth-order valence-corrected chi connectivity index (χ4v) is 8.85. The number of aryl methyl sites for hydroxylation is 1. The molecule has 11 nitrogen and oxygen atoms in total. The summed E-state index contributed by atoms with van der Waals surface area (Å²) in [7, 11) is -2.83. The van der Waals surface area contributed by atoms with Gasteiger partial charge in [0.25, 0.3) is 10.0 Å². The highest BCUT2D eigenvalue weighted by Gasteiger charge is 2.54. The van der Waals surface area contributed by atoms with Gasteiger partial charge in [-0.15, -0.1) is 16.4 Å². The molecule has 0 unspecified atom stereocenters. The van der Waals surface area contributed by atoms with Crippen molar-refractivity contribution in [3.05, 3.63) is 75.4 Å². The van der Waals surface area contributed by atoms with Crippen molar-refractivity contribution in [1.29, 1.82) is 0 Å². The molecule has 0 bridgehead atoms. The molecule has 0 amide bonds. The van der Waals surface area contributed by atoms with Gasteiger partial charge < -0.3 is 5.11 Å². The minimum atomic E-state index is -4.70. The van der Waals surface area contributed by atoms with E-state index in [-0.39, 0.29) is 53.6 Å². The van der Waals surface area contributed by atoms with E-state index in [1.54, 1.807) is 29.1 Å². The van der Waals surface area contributed by atoms with Gasteiger partial charge in [0.2, 0.25) is 10.8 Å². The number of Topliss-reactive ketones (excluding diaryl/α,β-unsaturated/α-hetero) is 1. The fraction of sp³-hybridized carbons (Fsp3) is 0.414. The molecule has 46 heavy (non-hydrogen) atoms. The first kappa shape index (κ1) is 30.8. The van der Waals surface area contributed by atoms with Crippen LogP contribution in [0.1, 0.15) is 58.0 Å². The molecule has 242 valence electrons. The van der Waals surface area contributed by atoms with Crippen molar-refractivity contribution in [2.75, 3.05) is 6.54 Å². The highest BCUT2D eigenvalue weighted by atomic mass is 32.2. The van der Waals surface area contributed by atoms with Crippen LogP contribution in [0.2, 0.25) is 0 Å². The van der Waals surface area contributed by atoms with E-state index >= 15 is 0 Å². The number of benzene rings is 1. The van der Waals surface area contributed by atoms with Gasteiger partial charge in [0.05, 0.1) is 41.0 Å². The summed E-state index contributed by atoms with van der Waals surface area (Å²) < 4.78 is 85.0. The molecule has 2 fully saturated rings. The Hall–Kier alpha value is -3.80. The number of carbonyl (C=O) groups is 1. The molecule has 1 aromatic carbocycles. The van der Waals surface area contributed by atoms with E-state index in [0.29, 0.717) is 41.6 Å². The van der Waals surface area contributed by atoms with Crippen molar-refractivity contribution in [3.63, 3.8) is 0 Å². The third-order valence-corrected chi connectivity index (χ3v) is 11.8. The van der Waals surface area contributed by atoms with Crippen LogP contribution in [0.4, 0.5) is 17.6 Å². The molecule has 2 atom stereocenters. The summed E-state index contributed by atoms with van der Waals surface area (Å²) in [6.07, 6.45) is 1.61. The molecule has 0 aliphatic heterocycles. The largest absolute Gasteiger partial charge is 0.427 e. The van der Waals surface area contributed by atoms with Crippen molar-refractivity contribution in [3.8, 4) is 5.69 Å². The first-order valence-electron chi connectivity index (χ1n) is 14.4. The molecule has 3 aliphatic rings. The lowest BCUT2D eigenvalue weighted by Crippen LogP contribution is -2.52. The number of alkyl halides is 3. The van der Waals surface area contributed by atoms with Crippen molar-refractivity contribution < 1.29 is 35.9 Å². The number of fused-ring (bicyclic) bond motifs is 2. The quantitative estimate of drug-likeness (QED) is 0.217. The van der Waals surface area contributed by atoms with Crippen LogP contribution in [0.5, 0.6) is 0 Å². The van der Waals surface area contributed by atoms with Crippen LogP contribution in [-0.4, -0.2) is 71.6 Å². The van der Waals surface area contributed by atoms with Gasteiger partial charge in [-0.05, 0) is 74.4 Å². The van der Waals surface area contributed by atoms with Gasteiger partial charge in [0, 0.05) is 19.6 Å². The van der Waals surface area contributed by atoms with Crippen LogP contribution in [0.25, 0.3) is 11.8 Å². The number of ketones is 1. The molecular formula is C29H27F4N7O4S2. The van der Waals surface area contributed by atoms with Crippen LogP contribution >= 0.6 is 11.3 Å². The zero-order chi connectivity index (χ0) is 32.6. The van der Waals surface area contributed by atoms with Crippen molar-refractivity contribution in [2.45, 2.75) is 61.4 Å². The van der Waals surface area contributed by atoms with E-state index in [1.807, 2.05) is 0 Å². The van der Waals surface area contributed by atoms with E-state index in [2.05, 4.69) is 20.3 Å². The second-order valence-corrected chi connectivity index (χ2v) is 14.9. The first-order chi connectivity index (χ1) is 21.7. The zero-order valence-electron chi connectivity index (χ0n) is 24.3. The molecule has 0 spiro atoms. The molecular weight excluding hydrogens is 650 g/mol. The lowest BCUT2D eigenvalue weighted by molar-refractivity contribution is -0.134. The van der Waals surface area contributed by atoms with Crippen LogP contribution in [-0.2, 0) is 29.7 Å². The second-order valence-electron chi connectivity index (χ2n) is 12.1. The Morgan fingerprint density at radius 1 is 1.15 bits per heavy atom. The summed E-state index contributed by atoms with van der Waals surface area (Å²) in [6.45, 7) is -0.233. The average molecular weight is 678 g/mol. The predicted octanol–water partition coefficient (Wildman–Crippen LogP) is 4.19. The van der Waals surface area contributed by atoms with Crippen molar-refractivity contribution in [2.24, 2.45) is 12.5 Å². The number of sulfonamides is 1. The Bertz CT molecular complexity index is 1980. The number of aliphatic hydroxyl groups is 1. The maximum Gasteiger partial charge on any atom is 0.427 e. The van der Waals surface area contributed by atoms with Crippen LogP contribution in [0, 0.1) is 11.2 Å². The van der Waals surface area contributed by atoms with Gasteiger partial charge in [0.15, 0.2) is 5.01 Å². The van der Waals surface area contributed by atoms with Crippen LogP contribution in [0.3, 0.4) is 0 Å². The monoisotopic (exact) mass is 677 g/mol. The molecule has 3 aliphatic carbocycles. The summed E-state index contributed by atoms with van der Waals surface area (Å²) in [5.41, 5.74) is -0.268. The predicted molar refractivity (Wildman–Crippen MR) is 156 cm³/mol. The van der Waals surface area contributed by atoms with Gasteiger partial charge in [-0.25, -0.2) is 22.5 Å². The Balaban J connectivity index is 1.32. The number of allylic oxidation sites excluding steroid dienone is 1. The molecule has 2 saturated carbocycles. The minimum Gasteiger partial charge on any atom is -0.389 e. The molecule has 3 aromatic heterocycles. The van der Waals surface area contributed by atoms with E-state index in [4.69, 9.17) is 0 Å². The van der Waals surface area contributed by atoms with E-state index in [1.165, 1.54) is 23.5 Å². The number of carbonyl (C=O) groups excluding carboxylic acids is 1. The summed E-state index contributed by atoms with van der Waals surface area (Å²) in [6, 6.07) is 4.88. The summed E-state index contributed by atoms with van der Waals surface area (Å²) >= 11 is 0.250. The summed E-state index contributed by atoms with van der Waals surface area (Å²) in [5.74, 6) is -1.07. The molecule has 3 heterocycles. The lowest BCUT2D eigenvalue weighted by atomic mass is 9.61. The first-order valence-corrected chi connectivity index (χ1v) is 16.7. The molecule has 7 rings (SSSR count). The second kappa shape index (κ2) is 10.6. The maximum absolute atomic E-state index is 14.4. The molecule has 0 saturated heterocycles. The minimum absolute atomic E-state index is 0.0227. The van der Waals surface area contributed by atoms with Gasteiger partial charge in [-0.1, -0.05) is 5.57 Å². The number of halogens is 4. The molecule has 4 aromatic rings. The Morgan fingerprint density at radius 2 is 1.89 bits per heavy atom. The van der Waals surface area contributed by atoms with E-state index < -0.39 is 49.7 Å². The van der Waals surface area contributed by atoms with Gasteiger partial charge in [-0.2, -0.15) is 32.5 Å². The Labute approximate surface area is 264 Å². The van der Waals surface area contributed by atoms with E-state index in [0.717, 1.165) is 11.0 Å². The summed E-state index contributed by atoms with van der Waals surface area (Å²) in [4.78, 5) is 18.4. The van der Waals surface area contributed by atoms with Crippen molar-refractivity contribution >= 4 is 33.2 Å².